The Hall–Kier alpha value is -1.86. The van der Waals surface area contributed by atoms with Crippen LogP contribution >= 0.6 is 23.1 Å². The van der Waals surface area contributed by atoms with Crippen LogP contribution < -0.4 is 0 Å². The average Bonchev–Trinajstić information content (AvgIpc) is 3.02. The average molecular weight is 292 g/mol. The summed E-state index contributed by atoms with van der Waals surface area (Å²) in [5.74, 6) is -0.0400. The second-order valence-corrected chi connectivity index (χ2v) is 5.97. The van der Waals surface area contributed by atoms with Crippen LogP contribution in [0.3, 0.4) is 0 Å². The number of aromatic nitrogens is 2. The van der Waals surface area contributed by atoms with Crippen molar-refractivity contribution in [1.82, 2.24) is 10.1 Å². The minimum absolute atomic E-state index is 0.0695. The number of carboxylic acids is 1. The molecule has 3 aromatic rings. The van der Waals surface area contributed by atoms with Gasteiger partial charge in [-0.2, -0.15) is 0 Å². The number of hydrogen-bond donors (Lipinski definition) is 1. The van der Waals surface area contributed by atoms with Crippen molar-refractivity contribution in [3.8, 4) is 0 Å². The minimum Gasteiger partial charge on any atom is -0.476 e. The Labute approximate surface area is 116 Å². The van der Waals surface area contributed by atoms with Gasteiger partial charge in [0.2, 0.25) is 0 Å². The van der Waals surface area contributed by atoms with E-state index in [0.29, 0.717) is 11.5 Å². The highest BCUT2D eigenvalue weighted by atomic mass is 32.2. The molecule has 0 bridgehead atoms. The van der Waals surface area contributed by atoms with Crippen molar-refractivity contribution in [2.45, 2.75) is 10.1 Å². The monoisotopic (exact) mass is 292 g/mol. The van der Waals surface area contributed by atoms with Crippen LogP contribution in [-0.2, 0) is 5.75 Å². The molecule has 1 N–H and O–H groups in total. The number of carboxylic acid groups (broad SMARTS) is 1. The van der Waals surface area contributed by atoms with E-state index in [1.54, 1.807) is 11.3 Å². The van der Waals surface area contributed by atoms with Crippen molar-refractivity contribution in [3.05, 3.63) is 41.8 Å². The van der Waals surface area contributed by atoms with Crippen LogP contribution in [0, 0.1) is 0 Å². The number of hydrogen-bond acceptors (Lipinski definition) is 6. The zero-order chi connectivity index (χ0) is 13.2. The molecule has 7 heteroatoms. The topological polar surface area (TPSA) is 76.2 Å². The van der Waals surface area contributed by atoms with Crippen molar-refractivity contribution >= 4 is 39.3 Å². The quantitative estimate of drug-likeness (QED) is 0.744. The van der Waals surface area contributed by atoms with Crippen molar-refractivity contribution in [3.63, 3.8) is 0 Å². The maximum Gasteiger partial charge on any atom is 0.358 e. The standard InChI is InChI=1S/C12H8N2O3S2/c15-11(16)9-5-7(17-14-9)6-18-12-13-8-3-1-2-4-10(8)19-12/h1-5H,6H2,(H,15,16). The maximum atomic E-state index is 10.7. The summed E-state index contributed by atoms with van der Waals surface area (Å²) in [6.45, 7) is 0. The van der Waals surface area contributed by atoms with Crippen LogP contribution in [0.5, 0.6) is 0 Å². The van der Waals surface area contributed by atoms with E-state index in [9.17, 15) is 4.79 Å². The van der Waals surface area contributed by atoms with Gasteiger partial charge in [0.1, 0.15) is 5.76 Å². The lowest BCUT2D eigenvalue weighted by atomic mass is 10.3. The first-order valence-corrected chi connectivity index (χ1v) is 7.20. The lowest BCUT2D eigenvalue weighted by Gasteiger charge is -1.90. The molecule has 3 rings (SSSR count). The van der Waals surface area contributed by atoms with Gasteiger partial charge in [-0.15, -0.1) is 11.3 Å². The molecular weight excluding hydrogens is 284 g/mol. The SMILES string of the molecule is O=C(O)c1cc(CSc2nc3ccccc3s2)on1. The molecule has 0 atom stereocenters. The van der Waals surface area contributed by atoms with E-state index in [1.165, 1.54) is 17.8 Å². The van der Waals surface area contributed by atoms with Gasteiger partial charge in [0.05, 0.1) is 16.0 Å². The van der Waals surface area contributed by atoms with Gasteiger partial charge in [0.15, 0.2) is 10.0 Å². The van der Waals surface area contributed by atoms with Crippen LogP contribution in [0.2, 0.25) is 0 Å². The van der Waals surface area contributed by atoms with Crippen LogP contribution in [0.15, 0.2) is 39.2 Å². The van der Waals surface area contributed by atoms with Crippen molar-refractivity contribution in [1.29, 1.82) is 0 Å². The van der Waals surface area contributed by atoms with Gasteiger partial charge in [0.25, 0.3) is 0 Å². The van der Waals surface area contributed by atoms with Crippen LogP contribution in [-0.4, -0.2) is 21.2 Å². The highest BCUT2D eigenvalue weighted by molar-refractivity contribution is 8.00. The lowest BCUT2D eigenvalue weighted by molar-refractivity contribution is 0.0685. The third kappa shape index (κ3) is 2.61. The highest BCUT2D eigenvalue weighted by Gasteiger charge is 2.11. The molecule has 0 spiro atoms. The number of thiazole rings is 1. The number of rotatable bonds is 4. The molecule has 96 valence electrons. The first-order valence-electron chi connectivity index (χ1n) is 5.39. The summed E-state index contributed by atoms with van der Waals surface area (Å²) < 4.78 is 7.01. The molecular formula is C12H8N2O3S2. The Morgan fingerprint density at radius 1 is 1.42 bits per heavy atom. The summed E-state index contributed by atoms with van der Waals surface area (Å²) in [4.78, 5) is 15.1. The van der Waals surface area contributed by atoms with E-state index in [2.05, 4.69) is 10.1 Å². The van der Waals surface area contributed by atoms with E-state index < -0.39 is 5.97 Å². The molecule has 0 saturated heterocycles. The molecule has 1 aromatic carbocycles. The number of carbonyl (C=O) groups is 1. The van der Waals surface area contributed by atoms with Crippen molar-refractivity contribution in [2.24, 2.45) is 0 Å². The molecule has 0 aliphatic heterocycles. The third-order valence-corrected chi connectivity index (χ3v) is 4.59. The Morgan fingerprint density at radius 2 is 2.26 bits per heavy atom. The van der Waals surface area contributed by atoms with Gasteiger partial charge < -0.3 is 9.63 Å². The fourth-order valence-electron chi connectivity index (χ4n) is 1.53. The van der Waals surface area contributed by atoms with E-state index in [-0.39, 0.29) is 5.69 Å². The number of aromatic carboxylic acids is 1. The van der Waals surface area contributed by atoms with Gasteiger partial charge in [-0.05, 0) is 12.1 Å². The van der Waals surface area contributed by atoms with Gasteiger partial charge >= 0.3 is 5.97 Å². The number of fused-ring (bicyclic) bond motifs is 1. The Bertz CT molecular complexity index is 702. The molecule has 0 aliphatic carbocycles. The van der Waals surface area contributed by atoms with E-state index in [1.807, 2.05) is 24.3 Å². The first-order chi connectivity index (χ1) is 9.22. The predicted octanol–water partition coefficient (Wildman–Crippen LogP) is 3.27. The van der Waals surface area contributed by atoms with E-state index >= 15 is 0 Å². The number of thioether (sulfide) groups is 1. The molecule has 0 aliphatic rings. The summed E-state index contributed by atoms with van der Waals surface area (Å²) in [5.41, 5.74) is 0.902. The smallest absolute Gasteiger partial charge is 0.358 e. The molecule has 0 fully saturated rings. The summed E-state index contributed by atoms with van der Waals surface area (Å²) in [7, 11) is 0. The number of nitrogens with zero attached hydrogens (tertiary/aromatic N) is 2. The van der Waals surface area contributed by atoms with Gasteiger partial charge in [0, 0.05) is 6.07 Å². The summed E-state index contributed by atoms with van der Waals surface area (Å²) >= 11 is 3.11. The molecule has 0 radical (unpaired) electrons. The van der Waals surface area contributed by atoms with Crippen LogP contribution in [0.25, 0.3) is 10.2 Å². The zero-order valence-corrected chi connectivity index (χ0v) is 11.2. The van der Waals surface area contributed by atoms with E-state index in [4.69, 9.17) is 9.63 Å². The van der Waals surface area contributed by atoms with Gasteiger partial charge in [-0.3, -0.25) is 0 Å². The van der Waals surface area contributed by atoms with Gasteiger partial charge in [-0.25, -0.2) is 9.78 Å². The summed E-state index contributed by atoms with van der Waals surface area (Å²) in [5, 5.41) is 12.2. The summed E-state index contributed by atoms with van der Waals surface area (Å²) in [6, 6.07) is 9.35. The summed E-state index contributed by atoms with van der Waals surface area (Å²) in [6.07, 6.45) is 0. The highest BCUT2D eigenvalue weighted by Crippen LogP contribution is 2.31. The third-order valence-electron chi connectivity index (χ3n) is 2.39. The van der Waals surface area contributed by atoms with E-state index in [0.717, 1.165) is 14.6 Å². The van der Waals surface area contributed by atoms with Crippen LogP contribution in [0.1, 0.15) is 16.2 Å². The normalized spacial score (nSPS) is 10.9. The number of para-hydroxylation sites is 1. The molecule has 0 amide bonds. The maximum absolute atomic E-state index is 10.7. The molecule has 2 aromatic heterocycles. The molecule has 2 heterocycles. The number of benzene rings is 1. The Kier molecular flexibility index (Phi) is 3.22. The fourth-order valence-corrected chi connectivity index (χ4v) is 3.47. The lowest BCUT2D eigenvalue weighted by Crippen LogP contribution is -1.94. The van der Waals surface area contributed by atoms with Crippen LogP contribution in [0.4, 0.5) is 0 Å². The predicted molar refractivity (Wildman–Crippen MR) is 72.6 cm³/mol. The van der Waals surface area contributed by atoms with Gasteiger partial charge in [-0.1, -0.05) is 29.1 Å². The second kappa shape index (κ2) is 5.02. The van der Waals surface area contributed by atoms with Crippen molar-refractivity contribution < 1.29 is 14.4 Å². The largest absolute Gasteiger partial charge is 0.476 e. The first kappa shape index (κ1) is 12.2. The molecule has 0 saturated carbocycles. The fraction of sp³-hybridized carbons (Fsp3) is 0.0833. The second-order valence-electron chi connectivity index (χ2n) is 3.72. The molecule has 0 unspecified atom stereocenters. The Morgan fingerprint density at radius 3 is 3.00 bits per heavy atom. The van der Waals surface area contributed by atoms with Crippen molar-refractivity contribution in [2.75, 3.05) is 0 Å². The Balaban J connectivity index is 1.72. The molecule has 19 heavy (non-hydrogen) atoms. The molecule has 5 nitrogen and oxygen atoms in total. The zero-order valence-electron chi connectivity index (χ0n) is 9.57. The minimum atomic E-state index is -1.08.